The molecule has 144 valence electrons. The van der Waals surface area contributed by atoms with Gasteiger partial charge in [-0.2, -0.15) is 5.26 Å². The van der Waals surface area contributed by atoms with Crippen LogP contribution in [0, 0.1) is 11.3 Å². The van der Waals surface area contributed by atoms with Crippen LogP contribution in [0.5, 0.6) is 0 Å². The van der Waals surface area contributed by atoms with Crippen LogP contribution >= 0.6 is 11.6 Å². The Morgan fingerprint density at radius 1 is 1.48 bits per heavy atom. The van der Waals surface area contributed by atoms with Crippen molar-refractivity contribution >= 4 is 23.1 Å². The number of rotatable bonds is 7. The molecule has 2 aromatic heterocycles. The highest BCUT2D eigenvalue weighted by Gasteiger charge is 2.27. The average Bonchev–Trinajstić information content (AvgIpc) is 2.61. The van der Waals surface area contributed by atoms with E-state index in [9.17, 15) is 18.8 Å². The van der Waals surface area contributed by atoms with Gasteiger partial charge in [-0.05, 0) is 26.8 Å². The predicted octanol–water partition coefficient (Wildman–Crippen LogP) is 3.50. The molecule has 0 amide bonds. The van der Waals surface area contributed by atoms with Gasteiger partial charge in [-0.3, -0.25) is 9.20 Å². The van der Waals surface area contributed by atoms with Crippen molar-refractivity contribution in [1.82, 2.24) is 14.7 Å². The van der Waals surface area contributed by atoms with Crippen LogP contribution in [0.2, 0.25) is 5.02 Å². The van der Waals surface area contributed by atoms with E-state index in [-0.39, 0.29) is 27.6 Å². The highest BCUT2D eigenvalue weighted by molar-refractivity contribution is 6.30. The van der Waals surface area contributed by atoms with Crippen molar-refractivity contribution in [3.05, 3.63) is 51.0 Å². The van der Waals surface area contributed by atoms with Crippen LogP contribution in [-0.2, 0) is 0 Å². The van der Waals surface area contributed by atoms with Crippen molar-refractivity contribution in [3.8, 4) is 6.07 Å². The summed E-state index contributed by atoms with van der Waals surface area (Å²) in [6.45, 7) is 9.85. The minimum Gasteiger partial charge on any atom is -0.377 e. The monoisotopic (exact) mass is 395 g/mol. The SMILES string of the molecule is C=C(C)NC(c1cc(Cl)cn2c(=O)c(C#N)c(N(CC)CC)nc12)C(F)F. The zero-order valence-electron chi connectivity index (χ0n) is 15.3. The Labute approximate surface area is 160 Å². The second kappa shape index (κ2) is 8.35. The first-order chi connectivity index (χ1) is 12.7. The molecule has 2 aromatic rings. The Hall–Kier alpha value is -2.66. The fourth-order valence-corrected chi connectivity index (χ4v) is 3.06. The Bertz CT molecular complexity index is 963. The second-order valence-corrected chi connectivity index (χ2v) is 6.38. The van der Waals surface area contributed by atoms with Gasteiger partial charge in [-0.15, -0.1) is 0 Å². The number of hydrogen-bond acceptors (Lipinski definition) is 5. The van der Waals surface area contributed by atoms with Crippen LogP contribution in [0.1, 0.15) is 37.9 Å². The number of aromatic nitrogens is 2. The van der Waals surface area contributed by atoms with Crippen LogP contribution in [-0.4, -0.2) is 28.9 Å². The molecular weight excluding hydrogens is 376 g/mol. The number of nitrogens with one attached hydrogen (secondary N) is 1. The summed E-state index contributed by atoms with van der Waals surface area (Å²) in [6, 6.07) is 1.75. The highest BCUT2D eigenvalue weighted by Crippen LogP contribution is 2.28. The van der Waals surface area contributed by atoms with E-state index in [4.69, 9.17) is 11.6 Å². The number of fused-ring (bicyclic) bond motifs is 1. The lowest BCUT2D eigenvalue weighted by molar-refractivity contribution is 0.104. The molecular formula is C18H20ClF2N5O. The Morgan fingerprint density at radius 3 is 2.59 bits per heavy atom. The summed E-state index contributed by atoms with van der Waals surface area (Å²) in [6.07, 6.45) is -1.53. The third-order valence-corrected chi connectivity index (χ3v) is 4.27. The van der Waals surface area contributed by atoms with E-state index in [1.165, 1.54) is 12.3 Å². The van der Waals surface area contributed by atoms with E-state index in [1.807, 2.05) is 19.9 Å². The molecule has 1 atom stereocenters. The number of pyridine rings is 1. The number of nitrogens with zero attached hydrogens (tertiary/aromatic N) is 4. The molecule has 0 aliphatic rings. The molecule has 0 aliphatic heterocycles. The maximum Gasteiger partial charge on any atom is 0.278 e. The highest BCUT2D eigenvalue weighted by atomic mass is 35.5. The van der Waals surface area contributed by atoms with E-state index >= 15 is 0 Å². The van der Waals surface area contributed by atoms with Crippen LogP contribution in [0.4, 0.5) is 14.6 Å². The van der Waals surface area contributed by atoms with E-state index in [2.05, 4.69) is 16.9 Å². The average molecular weight is 396 g/mol. The van der Waals surface area contributed by atoms with Gasteiger partial charge in [0.25, 0.3) is 12.0 Å². The topological polar surface area (TPSA) is 73.4 Å². The predicted molar refractivity (Wildman–Crippen MR) is 101 cm³/mol. The van der Waals surface area contributed by atoms with Crippen molar-refractivity contribution in [3.63, 3.8) is 0 Å². The van der Waals surface area contributed by atoms with Gasteiger partial charge in [0, 0.05) is 30.5 Å². The first-order valence-corrected chi connectivity index (χ1v) is 8.73. The third-order valence-electron chi connectivity index (χ3n) is 4.06. The van der Waals surface area contributed by atoms with Gasteiger partial charge in [-0.1, -0.05) is 18.2 Å². The molecule has 0 bridgehead atoms. The molecule has 9 heteroatoms. The first-order valence-electron chi connectivity index (χ1n) is 8.36. The van der Waals surface area contributed by atoms with E-state index < -0.39 is 18.0 Å². The number of halogens is 3. The summed E-state index contributed by atoms with van der Waals surface area (Å²) in [7, 11) is 0. The summed E-state index contributed by atoms with van der Waals surface area (Å²) in [5.74, 6) is 0.166. The number of alkyl halides is 2. The normalized spacial score (nSPS) is 12.1. The molecule has 2 heterocycles. The van der Waals surface area contributed by atoms with Crippen LogP contribution in [0.15, 0.2) is 29.3 Å². The molecule has 6 nitrogen and oxygen atoms in total. The maximum atomic E-state index is 13.7. The molecule has 0 aliphatic carbocycles. The van der Waals surface area contributed by atoms with Gasteiger partial charge in [0.1, 0.15) is 17.8 Å². The van der Waals surface area contributed by atoms with Gasteiger partial charge in [-0.25, -0.2) is 13.8 Å². The van der Waals surface area contributed by atoms with Crippen molar-refractivity contribution in [2.24, 2.45) is 0 Å². The fraction of sp³-hybridized carbons (Fsp3) is 0.389. The van der Waals surface area contributed by atoms with Crippen molar-refractivity contribution in [2.45, 2.75) is 33.2 Å². The number of hydrogen-bond donors (Lipinski definition) is 1. The minimum absolute atomic E-state index is 0.0179. The lowest BCUT2D eigenvalue weighted by Crippen LogP contribution is -2.31. The lowest BCUT2D eigenvalue weighted by atomic mass is 10.1. The molecule has 0 saturated carbocycles. The number of nitriles is 1. The van der Waals surface area contributed by atoms with E-state index in [0.29, 0.717) is 18.8 Å². The molecule has 0 saturated heterocycles. The van der Waals surface area contributed by atoms with Gasteiger partial charge in [0.2, 0.25) is 0 Å². The van der Waals surface area contributed by atoms with Gasteiger partial charge >= 0.3 is 0 Å². The Morgan fingerprint density at radius 2 is 2.11 bits per heavy atom. The molecule has 0 spiro atoms. The summed E-state index contributed by atoms with van der Waals surface area (Å²) < 4.78 is 28.5. The van der Waals surface area contributed by atoms with Crippen molar-refractivity contribution in [1.29, 1.82) is 5.26 Å². The number of allylic oxidation sites excluding steroid dienone is 1. The third kappa shape index (κ3) is 4.03. The summed E-state index contributed by atoms with van der Waals surface area (Å²) in [5.41, 5.74) is -0.416. The van der Waals surface area contributed by atoms with Gasteiger partial charge in [0.05, 0.1) is 5.02 Å². The minimum atomic E-state index is -2.80. The molecule has 0 fully saturated rings. The van der Waals surface area contributed by atoms with Gasteiger partial charge in [0.15, 0.2) is 11.4 Å². The summed E-state index contributed by atoms with van der Waals surface area (Å²) in [5, 5.41) is 12.1. The fourth-order valence-electron chi connectivity index (χ4n) is 2.84. The molecule has 0 radical (unpaired) electrons. The van der Waals surface area contributed by atoms with Crippen LogP contribution in [0.25, 0.3) is 5.65 Å². The molecule has 1 N–H and O–H groups in total. The first kappa shape index (κ1) is 20.6. The lowest BCUT2D eigenvalue weighted by Gasteiger charge is -2.24. The quantitative estimate of drug-likeness (QED) is 0.776. The maximum absolute atomic E-state index is 13.7. The van der Waals surface area contributed by atoms with Crippen molar-refractivity contribution < 1.29 is 8.78 Å². The van der Waals surface area contributed by atoms with Crippen LogP contribution in [0.3, 0.4) is 0 Å². The Balaban J connectivity index is 2.92. The smallest absolute Gasteiger partial charge is 0.278 e. The van der Waals surface area contributed by atoms with E-state index in [0.717, 1.165) is 4.40 Å². The zero-order valence-corrected chi connectivity index (χ0v) is 16.0. The summed E-state index contributed by atoms with van der Waals surface area (Å²) in [4.78, 5) is 19.0. The largest absolute Gasteiger partial charge is 0.377 e. The molecule has 1 unspecified atom stereocenters. The van der Waals surface area contributed by atoms with Crippen LogP contribution < -0.4 is 15.8 Å². The number of anilines is 1. The molecule has 2 rings (SSSR count). The molecule has 0 aromatic carbocycles. The van der Waals surface area contributed by atoms with Gasteiger partial charge < -0.3 is 10.2 Å². The zero-order chi connectivity index (χ0) is 20.3. The van der Waals surface area contributed by atoms with Crippen molar-refractivity contribution in [2.75, 3.05) is 18.0 Å². The second-order valence-electron chi connectivity index (χ2n) is 5.94. The Kier molecular flexibility index (Phi) is 6.39. The molecule has 27 heavy (non-hydrogen) atoms. The summed E-state index contributed by atoms with van der Waals surface area (Å²) >= 11 is 6.06. The standard InChI is InChI=1S/C18H20ClF2N5O/c1-5-25(6-2)16-13(8-22)18(27)26-9-11(19)7-12(17(26)24-16)14(15(20)21)23-10(3)4/h7,9,14-15,23H,3,5-6H2,1-2,4H3. The van der Waals surface area contributed by atoms with E-state index in [1.54, 1.807) is 11.8 Å².